The quantitative estimate of drug-likeness (QED) is 0.299. The molecule has 0 radical (unpaired) electrons. The SMILES string of the molecule is CCN(CC)CCN(CCN(CC)CC)C(=O)NCc1ccccc1OCCCN(C)C1CCCC1. The van der Waals surface area contributed by atoms with Gasteiger partial charge in [-0.2, -0.15) is 0 Å². The third kappa shape index (κ3) is 10.7. The number of para-hydroxylation sites is 1. The zero-order valence-corrected chi connectivity index (χ0v) is 23.8. The highest BCUT2D eigenvalue weighted by Crippen LogP contribution is 2.22. The lowest BCUT2D eigenvalue weighted by atomic mass is 10.2. The summed E-state index contributed by atoms with van der Waals surface area (Å²) >= 11 is 0. The summed E-state index contributed by atoms with van der Waals surface area (Å²) < 4.78 is 6.15. The third-order valence-corrected chi connectivity index (χ3v) is 7.71. The summed E-state index contributed by atoms with van der Waals surface area (Å²) in [5.74, 6) is 0.874. The van der Waals surface area contributed by atoms with Gasteiger partial charge < -0.3 is 29.7 Å². The number of carbonyl (C=O) groups is 1. The zero-order valence-electron chi connectivity index (χ0n) is 23.8. The highest BCUT2D eigenvalue weighted by Gasteiger charge is 2.19. The smallest absolute Gasteiger partial charge is 0.317 e. The molecule has 0 spiro atoms. The summed E-state index contributed by atoms with van der Waals surface area (Å²) in [5, 5.41) is 3.17. The second kappa shape index (κ2) is 17.6. The van der Waals surface area contributed by atoms with Crippen LogP contribution >= 0.6 is 0 Å². The molecule has 2 amide bonds. The van der Waals surface area contributed by atoms with Crippen LogP contribution in [0.15, 0.2) is 24.3 Å². The van der Waals surface area contributed by atoms with Crippen molar-refractivity contribution in [3.8, 4) is 5.75 Å². The molecule has 2 rings (SSSR count). The molecule has 7 nitrogen and oxygen atoms in total. The first kappa shape index (κ1) is 30.4. The van der Waals surface area contributed by atoms with E-state index in [1.165, 1.54) is 25.7 Å². The maximum atomic E-state index is 13.2. The number of ether oxygens (including phenoxy) is 1. The van der Waals surface area contributed by atoms with Crippen molar-refractivity contribution in [1.82, 2.24) is 24.9 Å². The van der Waals surface area contributed by atoms with Crippen molar-refractivity contribution in [1.29, 1.82) is 0 Å². The van der Waals surface area contributed by atoms with E-state index in [2.05, 4.69) is 60.8 Å². The van der Waals surface area contributed by atoms with E-state index in [9.17, 15) is 4.79 Å². The van der Waals surface area contributed by atoms with Gasteiger partial charge in [-0.1, -0.05) is 58.7 Å². The average molecular weight is 504 g/mol. The minimum Gasteiger partial charge on any atom is -0.493 e. The van der Waals surface area contributed by atoms with Gasteiger partial charge in [0.25, 0.3) is 0 Å². The largest absolute Gasteiger partial charge is 0.493 e. The predicted molar refractivity (Wildman–Crippen MR) is 151 cm³/mol. The fraction of sp³-hybridized carbons (Fsp3) is 0.759. The van der Waals surface area contributed by atoms with E-state index in [1.54, 1.807) is 0 Å². The maximum absolute atomic E-state index is 13.2. The Labute approximate surface area is 221 Å². The first-order valence-corrected chi connectivity index (χ1v) is 14.4. The molecule has 0 bridgehead atoms. The molecule has 36 heavy (non-hydrogen) atoms. The summed E-state index contributed by atoms with van der Waals surface area (Å²) in [7, 11) is 2.24. The number of hydrogen-bond donors (Lipinski definition) is 1. The van der Waals surface area contributed by atoms with Gasteiger partial charge in [0.1, 0.15) is 5.75 Å². The van der Waals surface area contributed by atoms with E-state index in [1.807, 2.05) is 23.1 Å². The van der Waals surface area contributed by atoms with Crippen molar-refractivity contribution in [3.63, 3.8) is 0 Å². The first-order chi connectivity index (χ1) is 17.5. The molecule has 0 aliphatic heterocycles. The van der Waals surface area contributed by atoms with E-state index in [0.717, 1.165) is 82.7 Å². The number of carbonyl (C=O) groups excluding carboxylic acids is 1. The minimum absolute atomic E-state index is 0.00213. The number of benzene rings is 1. The number of likely N-dealkylation sites (N-methyl/N-ethyl adjacent to an activating group) is 2. The molecule has 1 aromatic carbocycles. The molecule has 1 saturated carbocycles. The lowest BCUT2D eigenvalue weighted by Crippen LogP contribution is -2.46. The van der Waals surface area contributed by atoms with Crippen LogP contribution in [0.4, 0.5) is 4.79 Å². The number of nitrogens with one attached hydrogen (secondary N) is 1. The standard InChI is InChI=1S/C29H53N5O2/c1-6-32(7-2)20-22-34(23-21-33(8-3)9-4)29(35)30-25-26-15-10-13-18-28(26)36-24-14-19-31(5)27-16-11-12-17-27/h10,13,15,18,27H,6-9,11-12,14,16-17,19-25H2,1-5H3,(H,30,35). The number of nitrogens with zero attached hydrogens (tertiary/aromatic N) is 4. The summed E-state index contributed by atoms with van der Waals surface area (Å²) in [6.07, 6.45) is 6.42. The van der Waals surface area contributed by atoms with Gasteiger partial charge in [-0.3, -0.25) is 0 Å². The monoisotopic (exact) mass is 503 g/mol. The Morgan fingerprint density at radius 1 is 0.889 bits per heavy atom. The fourth-order valence-corrected chi connectivity index (χ4v) is 5.02. The number of amides is 2. The maximum Gasteiger partial charge on any atom is 0.317 e. The molecule has 1 aromatic rings. The summed E-state index contributed by atoms with van der Waals surface area (Å²) in [6.45, 7) is 18.2. The van der Waals surface area contributed by atoms with Gasteiger partial charge in [-0.25, -0.2) is 4.79 Å². The van der Waals surface area contributed by atoms with Gasteiger partial charge in [0.05, 0.1) is 6.61 Å². The average Bonchev–Trinajstić information content (AvgIpc) is 3.45. The number of urea groups is 1. The summed E-state index contributed by atoms with van der Waals surface area (Å²) in [6, 6.07) is 8.84. The van der Waals surface area contributed by atoms with Crippen molar-refractivity contribution < 1.29 is 9.53 Å². The molecule has 1 aliphatic carbocycles. The second-order valence-electron chi connectivity index (χ2n) is 9.93. The van der Waals surface area contributed by atoms with E-state index in [4.69, 9.17) is 4.74 Å². The fourth-order valence-electron chi connectivity index (χ4n) is 5.02. The van der Waals surface area contributed by atoms with E-state index in [-0.39, 0.29) is 6.03 Å². The van der Waals surface area contributed by atoms with Gasteiger partial charge in [0.2, 0.25) is 0 Å². The molecule has 0 saturated heterocycles. The van der Waals surface area contributed by atoms with Crippen LogP contribution in [0.3, 0.4) is 0 Å². The van der Waals surface area contributed by atoms with Crippen molar-refractivity contribution >= 4 is 6.03 Å². The highest BCUT2D eigenvalue weighted by molar-refractivity contribution is 5.74. The van der Waals surface area contributed by atoms with Crippen LogP contribution < -0.4 is 10.1 Å². The molecule has 0 atom stereocenters. The third-order valence-electron chi connectivity index (χ3n) is 7.71. The van der Waals surface area contributed by atoms with Crippen molar-refractivity contribution in [3.05, 3.63) is 29.8 Å². The van der Waals surface area contributed by atoms with Crippen LogP contribution in [0.1, 0.15) is 65.4 Å². The predicted octanol–water partition coefficient (Wildman–Crippen LogP) is 4.53. The lowest BCUT2D eigenvalue weighted by Gasteiger charge is -2.29. The minimum atomic E-state index is 0.00213. The Morgan fingerprint density at radius 2 is 1.47 bits per heavy atom. The highest BCUT2D eigenvalue weighted by atomic mass is 16.5. The molecule has 0 heterocycles. The molecule has 206 valence electrons. The van der Waals surface area contributed by atoms with E-state index in [0.29, 0.717) is 13.2 Å². The molecule has 1 aliphatic rings. The molecule has 1 N–H and O–H groups in total. The summed E-state index contributed by atoms with van der Waals surface area (Å²) in [5.41, 5.74) is 1.03. The van der Waals surface area contributed by atoms with Crippen LogP contribution in [0, 0.1) is 0 Å². The van der Waals surface area contributed by atoms with E-state index >= 15 is 0 Å². The van der Waals surface area contributed by atoms with Gasteiger partial charge in [0.15, 0.2) is 0 Å². The van der Waals surface area contributed by atoms with Crippen molar-refractivity contribution in [2.45, 2.75) is 72.4 Å². The van der Waals surface area contributed by atoms with Gasteiger partial charge >= 0.3 is 6.03 Å². The number of rotatable bonds is 18. The molecule has 1 fully saturated rings. The van der Waals surface area contributed by atoms with Gasteiger partial charge in [0, 0.05) is 50.9 Å². The topological polar surface area (TPSA) is 51.3 Å². The van der Waals surface area contributed by atoms with Gasteiger partial charge in [-0.05, 0) is 58.6 Å². The normalized spacial score (nSPS) is 14.2. The first-order valence-electron chi connectivity index (χ1n) is 14.4. The molecule has 7 heteroatoms. The van der Waals surface area contributed by atoms with Gasteiger partial charge in [-0.15, -0.1) is 0 Å². The zero-order chi connectivity index (χ0) is 26.2. The lowest BCUT2D eigenvalue weighted by molar-refractivity contribution is 0.172. The summed E-state index contributed by atoms with van der Waals surface area (Å²) in [4.78, 5) is 22.4. The Kier molecular flexibility index (Phi) is 14.9. The van der Waals surface area contributed by atoms with Crippen LogP contribution in [0.2, 0.25) is 0 Å². The van der Waals surface area contributed by atoms with Crippen LogP contribution in [0.25, 0.3) is 0 Å². The number of hydrogen-bond acceptors (Lipinski definition) is 5. The van der Waals surface area contributed by atoms with E-state index < -0.39 is 0 Å². The van der Waals surface area contributed by atoms with Crippen molar-refractivity contribution in [2.24, 2.45) is 0 Å². The Morgan fingerprint density at radius 3 is 2.06 bits per heavy atom. The van der Waals surface area contributed by atoms with Crippen LogP contribution in [-0.4, -0.2) is 104 Å². The Hall–Kier alpha value is -1.83. The van der Waals surface area contributed by atoms with Crippen LogP contribution in [0.5, 0.6) is 5.75 Å². The Bertz CT molecular complexity index is 701. The Balaban J connectivity index is 1.87. The molecular weight excluding hydrogens is 450 g/mol. The molecule has 0 aromatic heterocycles. The van der Waals surface area contributed by atoms with Crippen molar-refractivity contribution in [2.75, 3.05) is 72.6 Å². The molecule has 0 unspecified atom stereocenters. The second-order valence-corrected chi connectivity index (χ2v) is 9.93. The van der Waals surface area contributed by atoms with Crippen LogP contribution in [-0.2, 0) is 6.54 Å². The molecular formula is C29H53N5O2.